The van der Waals surface area contributed by atoms with Crippen LogP contribution in [0.15, 0.2) is 27.4 Å². The van der Waals surface area contributed by atoms with Crippen LogP contribution in [0.5, 0.6) is 0 Å². The molecule has 2 aromatic rings. The number of aliphatic hydroxyl groups excluding tert-OH is 1. The van der Waals surface area contributed by atoms with Crippen LogP contribution >= 0.6 is 0 Å². The van der Waals surface area contributed by atoms with E-state index in [1.165, 1.54) is 12.5 Å². The molecule has 1 spiro atoms. The van der Waals surface area contributed by atoms with Crippen molar-refractivity contribution in [2.45, 2.75) is 56.9 Å². The average molecular weight is 390 g/mol. The molecule has 2 N–H and O–H groups in total. The van der Waals surface area contributed by atoms with Crippen molar-refractivity contribution in [2.75, 3.05) is 19.7 Å². The first kappa shape index (κ1) is 19.1. The molecule has 2 fully saturated rings. The van der Waals surface area contributed by atoms with Gasteiger partial charge in [-0.05, 0) is 25.8 Å². The van der Waals surface area contributed by atoms with Crippen LogP contribution in [0.4, 0.5) is 0 Å². The number of likely N-dealkylation sites (tertiary alicyclic amines) is 1. The van der Waals surface area contributed by atoms with E-state index in [0.717, 1.165) is 25.9 Å². The van der Waals surface area contributed by atoms with Gasteiger partial charge >= 0.3 is 0 Å². The van der Waals surface area contributed by atoms with Crippen LogP contribution in [0.3, 0.4) is 0 Å². The highest BCUT2D eigenvalue weighted by atomic mass is 16.5. The van der Waals surface area contributed by atoms with E-state index in [1.807, 2.05) is 6.92 Å². The Morgan fingerprint density at radius 3 is 2.82 bits per heavy atom. The van der Waals surface area contributed by atoms with Gasteiger partial charge in [0.05, 0.1) is 36.1 Å². The zero-order chi connectivity index (χ0) is 19.8. The number of piperidine rings is 1. The highest BCUT2D eigenvalue weighted by Gasteiger charge is 2.50. The van der Waals surface area contributed by atoms with Crippen LogP contribution in [0.25, 0.3) is 0 Å². The summed E-state index contributed by atoms with van der Waals surface area (Å²) in [6.45, 7) is 6.13. The third-order valence-electron chi connectivity index (χ3n) is 5.85. The van der Waals surface area contributed by atoms with Gasteiger partial charge in [-0.3, -0.25) is 9.69 Å². The standard InChI is InChI=1S/C19H26N4O5/c1-13-21-22-16(28-13)9-23-6-4-19(5-7-23)12-18(2,15(24)11-27-19)20-17(25)14-3-8-26-10-14/h3,8,10,15,24H,4-7,9,11-12H2,1-2H3,(H,20,25)/t15-,18-/m1/s1. The Morgan fingerprint density at radius 2 is 2.18 bits per heavy atom. The predicted molar refractivity (Wildman–Crippen MR) is 97.4 cm³/mol. The number of ether oxygens (including phenoxy) is 1. The first-order valence-electron chi connectivity index (χ1n) is 9.56. The minimum Gasteiger partial charge on any atom is -0.472 e. The van der Waals surface area contributed by atoms with Crippen molar-refractivity contribution in [2.24, 2.45) is 0 Å². The molecule has 9 heteroatoms. The normalized spacial score (nSPS) is 27.8. The van der Waals surface area contributed by atoms with E-state index in [0.29, 0.717) is 30.3 Å². The molecule has 0 aliphatic carbocycles. The number of hydrogen-bond donors (Lipinski definition) is 2. The second-order valence-electron chi connectivity index (χ2n) is 8.06. The lowest BCUT2D eigenvalue weighted by molar-refractivity contribution is -0.178. The van der Waals surface area contributed by atoms with Crippen LogP contribution in [0, 0.1) is 6.92 Å². The Hall–Kier alpha value is -2.23. The summed E-state index contributed by atoms with van der Waals surface area (Å²) < 4.78 is 16.5. The molecule has 0 bridgehead atoms. The lowest BCUT2D eigenvalue weighted by Crippen LogP contribution is -2.65. The van der Waals surface area contributed by atoms with Crippen LogP contribution in [-0.2, 0) is 11.3 Å². The summed E-state index contributed by atoms with van der Waals surface area (Å²) in [6, 6.07) is 1.61. The van der Waals surface area contributed by atoms with Crippen molar-refractivity contribution in [3.8, 4) is 0 Å². The number of hydrogen-bond acceptors (Lipinski definition) is 8. The number of nitrogens with zero attached hydrogens (tertiary/aromatic N) is 3. The highest BCUT2D eigenvalue weighted by Crippen LogP contribution is 2.40. The summed E-state index contributed by atoms with van der Waals surface area (Å²) in [5, 5.41) is 21.5. The summed E-state index contributed by atoms with van der Waals surface area (Å²) in [5.74, 6) is 0.930. The largest absolute Gasteiger partial charge is 0.472 e. The molecule has 2 saturated heterocycles. The van der Waals surface area contributed by atoms with Gasteiger partial charge in [0.25, 0.3) is 5.91 Å². The molecule has 1 amide bonds. The van der Waals surface area contributed by atoms with Gasteiger partial charge in [-0.25, -0.2) is 0 Å². The molecular formula is C19H26N4O5. The molecule has 152 valence electrons. The minimum absolute atomic E-state index is 0.199. The smallest absolute Gasteiger partial charge is 0.255 e. The number of nitrogens with one attached hydrogen (secondary N) is 1. The van der Waals surface area contributed by atoms with Crippen LogP contribution in [0.1, 0.15) is 48.3 Å². The summed E-state index contributed by atoms with van der Waals surface area (Å²) in [7, 11) is 0. The number of aliphatic hydroxyl groups is 1. The van der Waals surface area contributed by atoms with Gasteiger partial charge in [0, 0.05) is 26.4 Å². The number of carbonyl (C=O) groups is 1. The number of furan rings is 1. The van der Waals surface area contributed by atoms with Crippen molar-refractivity contribution in [3.63, 3.8) is 0 Å². The summed E-state index contributed by atoms with van der Waals surface area (Å²) in [5.41, 5.74) is -0.685. The number of amides is 1. The van der Waals surface area contributed by atoms with E-state index >= 15 is 0 Å². The van der Waals surface area contributed by atoms with Crippen LogP contribution < -0.4 is 5.32 Å². The number of aromatic nitrogens is 2. The molecule has 2 aliphatic heterocycles. The maximum atomic E-state index is 12.5. The van der Waals surface area contributed by atoms with Crippen LogP contribution in [0.2, 0.25) is 0 Å². The van der Waals surface area contributed by atoms with E-state index < -0.39 is 11.6 Å². The van der Waals surface area contributed by atoms with Crippen molar-refractivity contribution < 1.29 is 23.5 Å². The number of rotatable bonds is 4. The molecule has 9 nitrogen and oxygen atoms in total. The summed E-state index contributed by atoms with van der Waals surface area (Å²) >= 11 is 0. The average Bonchev–Trinajstić information content (AvgIpc) is 3.33. The molecule has 2 aromatic heterocycles. The quantitative estimate of drug-likeness (QED) is 0.802. The Morgan fingerprint density at radius 1 is 1.39 bits per heavy atom. The fraction of sp³-hybridized carbons (Fsp3) is 0.632. The summed E-state index contributed by atoms with van der Waals surface area (Å²) in [4.78, 5) is 14.8. The third kappa shape index (κ3) is 3.82. The molecular weight excluding hydrogens is 364 g/mol. The first-order valence-corrected chi connectivity index (χ1v) is 9.56. The molecule has 2 aliphatic rings. The van der Waals surface area contributed by atoms with Gasteiger partial charge in [-0.2, -0.15) is 0 Å². The molecule has 0 saturated carbocycles. The van der Waals surface area contributed by atoms with Crippen molar-refractivity contribution in [3.05, 3.63) is 35.9 Å². The number of carbonyl (C=O) groups excluding carboxylic acids is 1. The third-order valence-corrected chi connectivity index (χ3v) is 5.85. The zero-order valence-electron chi connectivity index (χ0n) is 16.2. The maximum Gasteiger partial charge on any atom is 0.255 e. The highest BCUT2D eigenvalue weighted by molar-refractivity contribution is 5.94. The topological polar surface area (TPSA) is 114 Å². The van der Waals surface area contributed by atoms with Crippen molar-refractivity contribution >= 4 is 5.91 Å². The molecule has 2 atom stereocenters. The minimum atomic E-state index is -0.770. The second-order valence-corrected chi connectivity index (χ2v) is 8.06. The van der Waals surface area contributed by atoms with E-state index in [-0.39, 0.29) is 18.1 Å². The molecule has 4 rings (SSSR count). The van der Waals surface area contributed by atoms with Gasteiger partial charge in [-0.1, -0.05) is 0 Å². The van der Waals surface area contributed by atoms with E-state index in [4.69, 9.17) is 13.6 Å². The maximum absolute atomic E-state index is 12.5. The summed E-state index contributed by atoms with van der Waals surface area (Å²) in [6.07, 6.45) is 4.26. The van der Waals surface area contributed by atoms with Gasteiger partial charge in [-0.15, -0.1) is 10.2 Å². The van der Waals surface area contributed by atoms with Crippen molar-refractivity contribution in [1.29, 1.82) is 0 Å². The van der Waals surface area contributed by atoms with Gasteiger partial charge in [0.2, 0.25) is 11.8 Å². The lowest BCUT2D eigenvalue weighted by Gasteiger charge is -2.51. The fourth-order valence-electron chi connectivity index (χ4n) is 4.16. The van der Waals surface area contributed by atoms with Gasteiger partial charge in [0.1, 0.15) is 12.4 Å². The molecule has 0 aromatic carbocycles. The van der Waals surface area contributed by atoms with Gasteiger partial charge in [0.15, 0.2) is 0 Å². The van der Waals surface area contributed by atoms with Crippen LogP contribution in [-0.4, -0.2) is 63.1 Å². The second kappa shape index (κ2) is 7.31. The SMILES string of the molecule is Cc1nnc(CN2CCC3(CC2)C[C@@](C)(NC(=O)c2ccoc2)[C@H](O)CO3)o1. The van der Waals surface area contributed by atoms with Gasteiger partial charge < -0.3 is 24.0 Å². The molecule has 4 heterocycles. The Kier molecular flexibility index (Phi) is 4.98. The molecule has 0 radical (unpaired) electrons. The Balaban J connectivity index is 1.39. The lowest BCUT2D eigenvalue weighted by atomic mass is 9.74. The van der Waals surface area contributed by atoms with Crippen molar-refractivity contribution in [1.82, 2.24) is 20.4 Å². The Labute approximate surface area is 163 Å². The predicted octanol–water partition coefficient (Wildman–Crippen LogP) is 1.28. The van der Waals surface area contributed by atoms with E-state index in [2.05, 4.69) is 20.4 Å². The Bertz CT molecular complexity index is 812. The molecule has 28 heavy (non-hydrogen) atoms. The van der Waals surface area contributed by atoms with E-state index in [1.54, 1.807) is 13.0 Å². The first-order chi connectivity index (χ1) is 13.4. The zero-order valence-corrected chi connectivity index (χ0v) is 16.2. The number of aryl methyl sites for hydroxylation is 1. The fourth-order valence-corrected chi connectivity index (χ4v) is 4.16. The molecule has 0 unspecified atom stereocenters. The van der Waals surface area contributed by atoms with E-state index in [9.17, 15) is 9.90 Å². The monoisotopic (exact) mass is 390 g/mol.